The Kier molecular flexibility index (Phi) is 2.55. The van der Waals surface area contributed by atoms with E-state index in [1.165, 1.54) is 32.2 Å². The summed E-state index contributed by atoms with van der Waals surface area (Å²) in [7, 11) is 0. The quantitative estimate of drug-likeness (QED) is 0.648. The second-order valence-electron chi connectivity index (χ2n) is 4.52. The minimum absolute atomic E-state index is 0.490. The lowest BCUT2D eigenvalue weighted by molar-refractivity contribution is -0.0406. The van der Waals surface area contributed by atoms with Crippen molar-refractivity contribution in [3.8, 4) is 6.07 Å². The minimum atomic E-state index is 0.490. The van der Waals surface area contributed by atoms with Gasteiger partial charge in [0.2, 0.25) is 0 Å². The zero-order valence-electron chi connectivity index (χ0n) is 8.37. The second-order valence-corrected chi connectivity index (χ2v) is 4.52. The molecule has 13 heavy (non-hydrogen) atoms. The number of hydrogen-bond acceptors (Lipinski definition) is 2. The molecule has 2 nitrogen and oxygen atoms in total. The van der Waals surface area contributed by atoms with Crippen molar-refractivity contribution in [2.75, 3.05) is 6.54 Å². The van der Waals surface area contributed by atoms with Crippen LogP contribution in [0.1, 0.15) is 39.0 Å². The predicted octanol–water partition coefficient (Wildman–Crippen LogP) is 2.16. The molecule has 1 heterocycles. The molecular weight excluding hydrogens is 160 g/mol. The number of rotatable bonds is 2. The summed E-state index contributed by atoms with van der Waals surface area (Å²) in [5.41, 5.74) is 0. The van der Waals surface area contributed by atoms with E-state index < -0.39 is 0 Å². The molecule has 0 N–H and O–H groups in total. The molecule has 72 valence electrons. The molecule has 0 amide bonds. The fraction of sp³-hybridized carbons (Fsp3) is 0.909. The van der Waals surface area contributed by atoms with Crippen molar-refractivity contribution >= 4 is 0 Å². The first kappa shape index (κ1) is 9.02. The molecule has 0 aromatic heterocycles. The summed E-state index contributed by atoms with van der Waals surface area (Å²) in [5.74, 6) is 0.967. The van der Waals surface area contributed by atoms with Crippen LogP contribution in [0.4, 0.5) is 0 Å². The maximum atomic E-state index is 8.62. The van der Waals surface area contributed by atoms with Gasteiger partial charge in [0.05, 0.1) is 12.5 Å². The van der Waals surface area contributed by atoms with Gasteiger partial charge in [-0.3, -0.25) is 4.90 Å². The second kappa shape index (κ2) is 3.67. The molecule has 1 saturated carbocycles. The number of nitriles is 1. The zero-order valence-corrected chi connectivity index (χ0v) is 8.37. The molecule has 2 aliphatic rings. The fourth-order valence-corrected chi connectivity index (χ4v) is 2.86. The number of hydrogen-bond donors (Lipinski definition) is 0. The van der Waals surface area contributed by atoms with E-state index in [4.69, 9.17) is 5.26 Å². The largest absolute Gasteiger partial charge is 0.296 e. The van der Waals surface area contributed by atoms with Gasteiger partial charge >= 0.3 is 0 Å². The number of likely N-dealkylation sites (tertiary alicyclic amines) is 1. The highest BCUT2D eigenvalue weighted by Gasteiger charge is 2.41. The maximum Gasteiger partial charge on any atom is 0.0638 e. The SMILES string of the molecule is CC(CC#N)N1CC2CCCCC21. The molecule has 0 radical (unpaired) electrons. The highest BCUT2D eigenvalue weighted by molar-refractivity contribution is 4.97. The third-order valence-corrected chi connectivity index (χ3v) is 3.69. The highest BCUT2D eigenvalue weighted by Crippen LogP contribution is 2.38. The van der Waals surface area contributed by atoms with Crippen molar-refractivity contribution in [3.05, 3.63) is 0 Å². The first-order valence-corrected chi connectivity index (χ1v) is 5.45. The van der Waals surface area contributed by atoms with Gasteiger partial charge in [-0.05, 0) is 25.7 Å². The monoisotopic (exact) mass is 178 g/mol. The topological polar surface area (TPSA) is 27.0 Å². The summed E-state index contributed by atoms with van der Waals surface area (Å²) in [6.07, 6.45) is 6.34. The summed E-state index contributed by atoms with van der Waals surface area (Å²) >= 11 is 0. The lowest BCUT2D eigenvalue weighted by atomic mass is 9.76. The van der Waals surface area contributed by atoms with Crippen LogP contribution in [0.3, 0.4) is 0 Å². The normalized spacial score (nSPS) is 35.7. The van der Waals surface area contributed by atoms with Gasteiger partial charge in [-0.1, -0.05) is 12.8 Å². The van der Waals surface area contributed by atoms with Crippen LogP contribution in [0.15, 0.2) is 0 Å². The molecule has 1 aliphatic carbocycles. The van der Waals surface area contributed by atoms with Crippen molar-refractivity contribution in [2.24, 2.45) is 5.92 Å². The zero-order chi connectivity index (χ0) is 9.26. The molecule has 2 heteroatoms. The number of nitrogens with zero attached hydrogens (tertiary/aromatic N) is 2. The van der Waals surface area contributed by atoms with Crippen LogP contribution in [0, 0.1) is 17.2 Å². The first-order valence-electron chi connectivity index (χ1n) is 5.45. The molecule has 2 rings (SSSR count). The summed E-state index contributed by atoms with van der Waals surface area (Å²) in [6, 6.07) is 3.59. The Labute approximate surface area is 80.5 Å². The first-order chi connectivity index (χ1) is 6.33. The average molecular weight is 178 g/mol. The Morgan fingerprint density at radius 3 is 2.92 bits per heavy atom. The van der Waals surface area contributed by atoms with Crippen LogP contribution in [0.25, 0.3) is 0 Å². The molecule has 0 aromatic carbocycles. The van der Waals surface area contributed by atoms with Gasteiger partial charge in [-0.2, -0.15) is 5.26 Å². The van der Waals surface area contributed by atoms with E-state index in [-0.39, 0.29) is 0 Å². The standard InChI is InChI=1S/C11H18N2/c1-9(6-7-12)13-8-10-4-2-3-5-11(10)13/h9-11H,2-6,8H2,1H3. The predicted molar refractivity (Wildman–Crippen MR) is 52.1 cm³/mol. The van der Waals surface area contributed by atoms with Crippen molar-refractivity contribution in [3.63, 3.8) is 0 Å². The van der Waals surface area contributed by atoms with Crippen LogP contribution >= 0.6 is 0 Å². The van der Waals surface area contributed by atoms with E-state index in [2.05, 4.69) is 17.9 Å². The Balaban J connectivity index is 1.87. The maximum absolute atomic E-state index is 8.62. The highest BCUT2D eigenvalue weighted by atomic mass is 15.2. The van der Waals surface area contributed by atoms with Crippen LogP contribution in [-0.4, -0.2) is 23.5 Å². The van der Waals surface area contributed by atoms with Gasteiger partial charge in [0.15, 0.2) is 0 Å². The third-order valence-electron chi connectivity index (χ3n) is 3.69. The molecule has 3 unspecified atom stereocenters. The van der Waals surface area contributed by atoms with E-state index in [1.807, 2.05) is 0 Å². The molecular formula is C11H18N2. The van der Waals surface area contributed by atoms with Crippen LogP contribution in [0.5, 0.6) is 0 Å². The summed E-state index contributed by atoms with van der Waals surface area (Å²) < 4.78 is 0. The lowest BCUT2D eigenvalue weighted by Gasteiger charge is -2.53. The van der Waals surface area contributed by atoms with Crippen molar-refractivity contribution in [1.82, 2.24) is 4.90 Å². The Hall–Kier alpha value is -0.550. The van der Waals surface area contributed by atoms with Crippen LogP contribution in [-0.2, 0) is 0 Å². The Bertz CT molecular complexity index is 219. The smallest absolute Gasteiger partial charge is 0.0638 e. The fourth-order valence-electron chi connectivity index (χ4n) is 2.86. The van der Waals surface area contributed by atoms with Gasteiger partial charge in [0.1, 0.15) is 0 Å². The van der Waals surface area contributed by atoms with E-state index in [0.717, 1.165) is 12.0 Å². The van der Waals surface area contributed by atoms with Crippen LogP contribution in [0.2, 0.25) is 0 Å². The van der Waals surface area contributed by atoms with E-state index in [0.29, 0.717) is 12.5 Å². The Morgan fingerprint density at radius 1 is 1.46 bits per heavy atom. The van der Waals surface area contributed by atoms with Crippen molar-refractivity contribution in [2.45, 2.75) is 51.1 Å². The van der Waals surface area contributed by atoms with E-state index >= 15 is 0 Å². The lowest BCUT2D eigenvalue weighted by Crippen LogP contribution is -2.60. The molecule has 0 spiro atoms. The van der Waals surface area contributed by atoms with E-state index in [1.54, 1.807) is 0 Å². The van der Waals surface area contributed by atoms with Gasteiger partial charge in [-0.25, -0.2) is 0 Å². The summed E-state index contributed by atoms with van der Waals surface area (Å²) in [6.45, 7) is 3.45. The molecule has 0 aromatic rings. The molecule has 2 fully saturated rings. The molecule has 0 bridgehead atoms. The summed E-state index contributed by atoms with van der Waals surface area (Å²) in [4.78, 5) is 2.53. The van der Waals surface area contributed by atoms with E-state index in [9.17, 15) is 0 Å². The van der Waals surface area contributed by atoms with Gasteiger partial charge in [-0.15, -0.1) is 0 Å². The van der Waals surface area contributed by atoms with Gasteiger partial charge in [0, 0.05) is 18.6 Å². The average Bonchev–Trinajstić information content (AvgIpc) is 2.07. The minimum Gasteiger partial charge on any atom is -0.296 e. The van der Waals surface area contributed by atoms with Crippen molar-refractivity contribution < 1.29 is 0 Å². The van der Waals surface area contributed by atoms with Crippen LogP contribution < -0.4 is 0 Å². The van der Waals surface area contributed by atoms with Gasteiger partial charge < -0.3 is 0 Å². The third kappa shape index (κ3) is 1.58. The van der Waals surface area contributed by atoms with Gasteiger partial charge in [0.25, 0.3) is 0 Å². The molecule has 1 saturated heterocycles. The Morgan fingerprint density at radius 2 is 2.23 bits per heavy atom. The summed E-state index contributed by atoms with van der Waals surface area (Å²) in [5, 5.41) is 8.62. The number of fused-ring (bicyclic) bond motifs is 1. The molecule has 1 aliphatic heterocycles. The van der Waals surface area contributed by atoms with Crippen molar-refractivity contribution in [1.29, 1.82) is 5.26 Å². The molecule has 3 atom stereocenters.